The normalized spacial score (nSPS) is 18.1. The molecule has 0 aliphatic carbocycles. The van der Waals surface area contributed by atoms with E-state index in [9.17, 15) is 0 Å². The summed E-state index contributed by atoms with van der Waals surface area (Å²) in [7, 11) is 0. The smallest absolute Gasteiger partial charge is 0.134 e. The van der Waals surface area contributed by atoms with Gasteiger partial charge in [-0.3, -0.25) is 0 Å². The quantitative estimate of drug-likeness (QED) is 0.332. The maximum absolute atomic E-state index is 6.12. The van der Waals surface area contributed by atoms with Crippen LogP contribution in [0.5, 0.6) is 0 Å². The second-order valence-corrected chi connectivity index (χ2v) is 9.70. The predicted octanol–water partition coefficient (Wildman–Crippen LogP) is 6.67. The minimum Gasteiger partial charge on any atom is -0.461 e. The molecule has 1 aliphatic rings. The SMILES string of the molecule is CC(=NOC(C)(C)C)c1cccc(-c2ccc3oc(CCN4CCC[C@H]4C)cc3c2)c1. The van der Waals surface area contributed by atoms with E-state index in [2.05, 4.69) is 65.5 Å². The number of furan rings is 1. The van der Waals surface area contributed by atoms with Gasteiger partial charge >= 0.3 is 0 Å². The van der Waals surface area contributed by atoms with Crippen molar-refractivity contribution in [1.82, 2.24) is 4.90 Å². The van der Waals surface area contributed by atoms with Crippen LogP contribution in [0.4, 0.5) is 0 Å². The summed E-state index contributed by atoms with van der Waals surface area (Å²) >= 11 is 0. The number of rotatable bonds is 6. The first kappa shape index (κ1) is 21.6. The number of fused-ring (bicyclic) bond motifs is 1. The minimum atomic E-state index is -0.296. The van der Waals surface area contributed by atoms with Gasteiger partial charge in [0, 0.05) is 24.4 Å². The van der Waals surface area contributed by atoms with Crippen LogP contribution in [0, 0.1) is 0 Å². The fourth-order valence-electron chi connectivity index (χ4n) is 4.16. The number of likely N-dealkylation sites (tertiary alicyclic amines) is 1. The van der Waals surface area contributed by atoms with Crippen LogP contribution in [-0.2, 0) is 11.3 Å². The topological polar surface area (TPSA) is 38.0 Å². The van der Waals surface area contributed by atoms with Gasteiger partial charge in [-0.2, -0.15) is 0 Å². The molecule has 31 heavy (non-hydrogen) atoms. The number of benzene rings is 2. The molecule has 1 saturated heterocycles. The molecule has 1 fully saturated rings. The Morgan fingerprint density at radius 3 is 2.68 bits per heavy atom. The lowest BCUT2D eigenvalue weighted by molar-refractivity contribution is 0.000956. The molecule has 1 aliphatic heterocycles. The van der Waals surface area contributed by atoms with Crippen molar-refractivity contribution in [2.45, 2.75) is 65.5 Å². The Labute approximate surface area is 185 Å². The Bertz CT molecular complexity index is 1070. The van der Waals surface area contributed by atoms with Gasteiger partial charge in [-0.05, 0) is 95.0 Å². The summed E-state index contributed by atoms with van der Waals surface area (Å²) in [6, 6.07) is 17.8. The maximum Gasteiger partial charge on any atom is 0.134 e. The molecule has 2 heterocycles. The second kappa shape index (κ2) is 8.88. The Hall–Kier alpha value is -2.59. The lowest BCUT2D eigenvalue weighted by atomic mass is 10.0. The first-order valence-electron chi connectivity index (χ1n) is 11.4. The van der Waals surface area contributed by atoms with Gasteiger partial charge in [0.25, 0.3) is 0 Å². The lowest BCUT2D eigenvalue weighted by Gasteiger charge is -2.19. The zero-order valence-electron chi connectivity index (χ0n) is 19.4. The van der Waals surface area contributed by atoms with Crippen molar-refractivity contribution in [2.75, 3.05) is 13.1 Å². The van der Waals surface area contributed by atoms with Crippen molar-refractivity contribution in [1.29, 1.82) is 0 Å². The monoisotopic (exact) mass is 418 g/mol. The van der Waals surface area contributed by atoms with Gasteiger partial charge in [0.05, 0.1) is 5.71 Å². The van der Waals surface area contributed by atoms with Crippen LogP contribution in [0.15, 0.2) is 58.1 Å². The lowest BCUT2D eigenvalue weighted by Crippen LogP contribution is -2.28. The first-order valence-corrected chi connectivity index (χ1v) is 11.4. The summed E-state index contributed by atoms with van der Waals surface area (Å²) in [5, 5.41) is 5.47. The molecule has 4 heteroatoms. The molecule has 164 valence electrons. The van der Waals surface area contributed by atoms with Gasteiger partial charge < -0.3 is 14.2 Å². The average molecular weight is 419 g/mol. The second-order valence-electron chi connectivity index (χ2n) is 9.70. The molecular formula is C27H34N2O2. The van der Waals surface area contributed by atoms with Gasteiger partial charge in [0.2, 0.25) is 0 Å². The van der Waals surface area contributed by atoms with Crippen LogP contribution in [0.25, 0.3) is 22.1 Å². The summed E-state index contributed by atoms with van der Waals surface area (Å²) in [6.07, 6.45) is 3.60. The van der Waals surface area contributed by atoms with Gasteiger partial charge in [0.15, 0.2) is 0 Å². The van der Waals surface area contributed by atoms with Gasteiger partial charge in [-0.25, -0.2) is 0 Å². The maximum atomic E-state index is 6.12. The minimum absolute atomic E-state index is 0.296. The number of hydrogen-bond acceptors (Lipinski definition) is 4. The van der Waals surface area contributed by atoms with E-state index in [1.54, 1.807) is 0 Å². The van der Waals surface area contributed by atoms with Crippen molar-refractivity contribution in [2.24, 2.45) is 5.16 Å². The van der Waals surface area contributed by atoms with E-state index in [0.29, 0.717) is 6.04 Å². The molecule has 0 N–H and O–H groups in total. The Morgan fingerprint density at radius 2 is 1.94 bits per heavy atom. The van der Waals surface area contributed by atoms with E-state index >= 15 is 0 Å². The Balaban J connectivity index is 1.52. The number of hydrogen-bond donors (Lipinski definition) is 0. The summed E-state index contributed by atoms with van der Waals surface area (Å²) in [4.78, 5) is 8.16. The third kappa shape index (κ3) is 5.37. The van der Waals surface area contributed by atoms with Crippen LogP contribution in [0.3, 0.4) is 0 Å². The van der Waals surface area contributed by atoms with E-state index in [1.807, 2.05) is 27.7 Å². The highest BCUT2D eigenvalue weighted by Crippen LogP contribution is 2.28. The highest BCUT2D eigenvalue weighted by Gasteiger charge is 2.20. The van der Waals surface area contributed by atoms with Crippen LogP contribution >= 0.6 is 0 Å². The van der Waals surface area contributed by atoms with Crippen LogP contribution < -0.4 is 0 Å². The largest absolute Gasteiger partial charge is 0.461 e. The van der Waals surface area contributed by atoms with Crippen LogP contribution in [0.2, 0.25) is 0 Å². The molecule has 1 aromatic heterocycles. The van der Waals surface area contributed by atoms with Gasteiger partial charge in [-0.15, -0.1) is 0 Å². The van der Waals surface area contributed by atoms with E-state index in [1.165, 1.54) is 30.5 Å². The van der Waals surface area contributed by atoms with E-state index in [-0.39, 0.29) is 5.60 Å². The van der Waals surface area contributed by atoms with E-state index in [4.69, 9.17) is 9.25 Å². The van der Waals surface area contributed by atoms with Crippen LogP contribution in [-0.4, -0.2) is 35.3 Å². The molecule has 4 rings (SSSR count). The van der Waals surface area contributed by atoms with Crippen molar-refractivity contribution in [3.8, 4) is 11.1 Å². The Morgan fingerprint density at radius 1 is 1.13 bits per heavy atom. The zero-order valence-corrected chi connectivity index (χ0v) is 19.4. The fraction of sp³-hybridized carbons (Fsp3) is 0.444. The van der Waals surface area contributed by atoms with E-state index < -0.39 is 0 Å². The summed E-state index contributed by atoms with van der Waals surface area (Å²) in [6.45, 7) is 12.6. The molecule has 3 aromatic rings. The van der Waals surface area contributed by atoms with Gasteiger partial charge in [-0.1, -0.05) is 29.4 Å². The third-order valence-electron chi connectivity index (χ3n) is 5.97. The molecule has 4 nitrogen and oxygen atoms in total. The molecule has 0 amide bonds. The van der Waals surface area contributed by atoms with Crippen LogP contribution in [0.1, 0.15) is 58.8 Å². The standard InChI is InChI=1S/C27H34N2O2/c1-19-8-7-14-29(19)15-13-25-18-24-17-23(11-12-26(24)30-25)22-10-6-9-21(16-22)20(2)28-31-27(3,4)5/h6,9-12,16-19H,7-8,13-15H2,1-5H3/t19-/m1/s1. The number of oxime groups is 1. The van der Waals surface area contributed by atoms with Gasteiger partial charge in [0.1, 0.15) is 16.9 Å². The highest BCUT2D eigenvalue weighted by molar-refractivity contribution is 5.99. The summed E-state index contributed by atoms with van der Waals surface area (Å²) in [5.41, 5.74) is 4.95. The molecule has 0 spiro atoms. The highest BCUT2D eigenvalue weighted by atomic mass is 16.6. The zero-order chi connectivity index (χ0) is 22.0. The Kier molecular flexibility index (Phi) is 6.19. The van der Waals surface area contributed by atoms with Crippen molar-refractivity contribution in [3.63, 3.8) is 0 Å². The average Bonchev–Trinajstić information content (AvgIpc) is 3.34. The molecule has 1 atom stereocenters. The first-order chi connectivity index (χ1) is 14.8. The molecule has 0 saturated carbocycles. The molecule has 0 radical (unpaired) electrons. The molecule has 2 aromatic carbocycles. The third-order valence-corrected chi connectivity index (χ3v) is 5.97. The molecular weight excluding hydrogens is 384 g/mol. The summed E-state index contributed by atoms with van der Waals surface area (Å²) < 4.78 is 6.12. The summed E-state index contributed by atoms with van der Waals surface area (Å²) in [5.74, 6) is 1.07. The fourth-order valence-corrected chi connectivity index (χ4v) is 4.16. The molecule has 0 unspecified atom stereocenters. The van der Waals surface area contributed by atoms with Crippen molar-refractivity contribution in [3.05, 3.63) is 59.9 Å². The number of nitrogens with zero attached hydrogens (tertiary/aromatic N) is 2. The predicted molar refractivity (Wildman–Crippen MR) is 129 cm³/mol. The molecule has 0 bridgehead atoms. The van der Waals surface area contributed by atoms with Crippen molar-refractivity contribution < 1.29 is 9.25 Å². The van der Waals surface area contributed by atoms with E-state index in [0.717, 1.165) is 41.0 Å². The van der Waals surface area contributed by atoms with Crippen molar-refractivity contribution >= 4 is 16.7 Å².